The van der Waals surface area contributed by atoms with Crippen LogP contribution in [0.2, 0.25) is 0 Å². The third-order valence-corrected chi connectivity index (χ3v) is 4.03. The Hall–Kier alpha value is -1.44. The molecular formula is C14H23N5O2. The van der Waals surface area contributed by atoms with Crippen LogP contribution in [0.5, 0.6) is 0 Å². The van der Waals surface area contributed by atoms with Gasteiger partial charge in [-0.2, -0.15) is 5.10 Å². The number of morpholine rings is 1. The second kappa shape index (κ2) is 7.02. The summed E-state index contributed by atoms with van der Waals surface area (Å²) in [5.74, 6) is 0.901. The summed E-state index contributed by atoms with van der Waals surface area (Å²) in [6, 6.07) is 3.46. The second-order valence-corrected chi connectivity index (χ2v) is 5.44. The van der Waals surface area contributed by atoms with E-state index in [0.717, 1.165) is 64.8 Å². The Bertz CT molecular complexity index is 506. The monoisotopic (exact) mass is 293 g/mol. The van der Waals surface area contributed by atoms with Crippen LogP contribution in [-0.4, -0.2) is 73.7 Å². The molecule has 2 aliphatic heterocycles. The lowest BCUT2D eigenvalue weighted by Gasteiger charge is -2.29. The van der Waals surface area contributed by atoms with E-state index in [1.807, 2.05) is 6.07 Å². The third kappa shape index (κ3) is 3.81. The van der Waals surface area contributed by atoms with E-state index in [0.29, 0.717) is 6.54 Å². The highest BCUT2D eigenvalue weighted by Crippen LogP contribution is 2.08. The number of piperazine rings is 1. The fourth-order valence-electron chi connectivity index (χ4n) is 2.72. The van der Waals surface area contributed by atoms with Gasteiger partial charge >= 0.3 is 0 Å². The summed E-state index contributed by atoms with van der Waals surface area (Å²) >= 11 is 0. The minimum Gasteiger partial charge on any atom is -0.379 e. The van der Waals surface area contributed by atoms with Gasteiger partial charge < -0.3 is 15.0 Å². The maximum absolute atomic E-state index is 12.0. The zero-order chi connectivity index (χ0) is 14.5. The lowest BCUT2D eigenvalue weighted by Crippen LogP contribution is -2.44. The molecule has 2 aliphatic rings. The molecule has 0 spiro atoms. The summed E-state index contributed by atoms with van der Waals surface area (Å²) in [6.07, 6.45) is 0. The minimum atomic E-state index is -0.0258. The maximum atomic E-state index is 12.0. The normalized spacial score (nSPS) is 20.7. The van der Waals surface area contributed by atoms with Crippen LogP contribution in [0.4, 0.5) is 5.82 Å². The topological polar surface area (TPSA) is 62.6 Å². The van der Waals surface area contributed by atoms with Crippen LogP contribution in [0, 0.1) is 0 Å². The molecule has 1 N–H and O–H groups in total. The summed E-state index contributed by atoms with van der Waals surface area (Å²) in [6.45, 7) is 8.73. The number of aromatic nitrogens is 2. The van der Waals surface area contributed by atoms with Crippen molar-refractivity contribution in [3.05, 3.63) is 22.5 Å². The number of ether oxygens (including phenoxy) is 1. The average Bonchev–Trinajstić information content (AvgIpc) is 2.56. The highest BCUT2D eigenvalue weighted by molar-refractivity contribution is 5.37. The van der Waals surface area contributed by atoms with Crippen LogP contribution in [-0.2, 0) is 11.3 Å². The van der Waals surface area contributed by atoms with E-state index in [1.165, 1.54) is 0 Å². The number of nitrogens with zero attached hydrogens (tertiary/aromatic N) is 4. The molecule has 0 radical (unpaired) electrons. The third-order valence-electron chi connectivity index (χ3n) is 4.03. The summed E-state index contributed by atoms with van der Waals surface area (Å²) in [4.78, 5) is 16.5. The molecule has 116 valence electrons. The van der Waals surface area contributed by atoms with Crippen molar-refractivity contribution in [3.8, 4) is 0 Å². The van der Waals surface area contributed by atoms with Gasteiger partial charge in [0.15, 0.2) is 0 Å². The van der Waals surface area contributed by atoms with E-state index in [4.69, 9.17) is 4.74 Å². The number of hydrogen-bond acceptors (Lipinski definition) is 6. The van der Waals surface area contributed by atoms with Crippen LogP contribution in [0.3, 0.4) is 0 Å². The molecule has 0 bridgehead atoms. The Morgan fingerprint density at radius 2 is 1.86 bits per heavy atom. The van der Waals surface area contributed by atoms with Gasteiger partial charge in [-0.25, -0.2) is 4.68 Å². The van der Waals surface area contributed by atoms with E-state index < -0.39 is 0 Å². The van der Waals surface area contributed by atoms with Crippen molar-refractivity contribution in [3.63, 3.8) is 0 Å². The van der Waals surface area contributed by atoms with Crippen LogP contribution in [0.1, 0.15) is 0 Å². The highest BCUT2D eigenvalue weighted by Gasteiger charge is 2.14. The van der Waals surface area contributed by atoms with Crippen molar-refractivity contribution in [1.29, 1.82) is 0 Å². The largest absolute Gasteiger partial charge is 0.379 e. The molecule has 1 aromatic heterocycles. The Morgan fingerprint density at radius 3 is 2.62 bits per heavy atom. The number of hydrogen-bond donors (Lipinski definition) is 1. The maximum Gasteiger partial charge on any atom is 0.266 e. The van der Waals surface area contributed by atoms with Crippen LogP contribution >= 0.6 is 0 Å². The van der Waals surface area contributed by atoms with Crippen molar-refractivity contribution >= 4 is 5.82 Å². The Morgan fingerprint density at radius 1 is 1.10 bits per heavy atom. The van der Waals surface area contributed by atoms with Gasteiger partial charge in [0.1, 0.15) is 5.82 Å². The summed E-state index contributed by atoms with van der Waals surface area (Å²) in [5, 5.41) is 7.85. The van der Waals surface area contributed by atoms with Gasteiger partial charge in [-0.15, -0.1) is 0 Å². The van der Waals surface area contributed by atoms with Crippen molar-refractivity contribution in [1.82, 2.24) is 20.0 Å². The van der Waals surface area contributed by atoms with Crippen molar-refractivity contribution in [2.45, 2.75) is 6.54 Å². The standard InChI is InChI=1S/C14H23N5O2/c20-14-2-1-13(18-5-3-15-4-6-18)16-19(14)8-7-17-9-11-21-12-10-17/h1-2,15H,3-12H2. The predicted octanol–water partition coefficient (Wildman–Crippen LogP) is -1.01. The van der Waals surface area contributed by atoms with E-state index in [-0.39, 0.29) is 5.56 Å². The van der Waals surface area contributed by atoms with E-state index in [1.54, 1.807) is 10.7 Å². The number of rotatable bonds is 4. The fourth-order valence-corrected chi connectivity index (χ4v) is 2.72. The molecule has 7 nitrogen and oxygen atoms in total. The second-order valence-electron chi connectivity index (χ2n) is 5.44. The van der Waals surface area contributed by atoms with Crippen molar-refractivity contribution < 1.29 is 4.74 Å². The van der Waals surface area contributed by atoms with Gasteiger partial charge in [-0.1, -0.05) is 0 Å². The first-order valence-corrected chi connectivity index (χ1v) is 7.67. The molecule has 0 atom stereocenters. The van der Waals surface area contributed by atoms with Gasteiger partial charge in [0.25, 0.3) is 5.56 Å². The Kier molecular flexibility index (Phi) is 4.84. The molecule has 0 aromatic carbocycles. The number of nitrogens with one attached hydrogen (secondary N) is 1. The zero-order valence-electron chi connectivity index (χ0n) is 12.3. The summed E-state index contributed by atoms with van der Waals surface area (Å²) in [7, 11) is 0. The fraction of sp³-hybridized carbons (Fsp3) is 0.714. The molecular weight excluding hydrogens is 270 g/mol. The molecule has 1 aromatic rings. The Labute approximate surface area is 124 Å². The smallest absolute Gasteiger partial charge is 0.266 e. The minimum absolute atomic E-state index is 0.0258. The van der Waals surface area contributed by atoms with Gasteiger partial charge in [0, 0.05) is 51.9 Å². The molecule has 0 unspecified atom stereocenters. The molecule has 0 amide bonds. The zero-order valence-corrected chi connectivity index (χ0v) is 12.3. The van der Waals surface area contributed by atoms with Gasteiger partial charge in [-0.05, 0) is 6.07 Å². The summed E-state index contributed by atoms with van der Waals surface area (Å²) < 4.78 is 6.93. The highest BCUT2D eigenvalue weighted by atomic mass is 16.5. The molecule has 3 rings (SSSR count). The first-order chi connectivity index (χ1) is 10.3. The van der Waals surface area contributed by atoms with Crippen molar-refractivity contribution in [2.24, 2.45) is 0 Å². The van der Waals surface area contributed by atoms with E-state index >= 15 is 0 Å². The molecule has 7 heteroatoms. The van der Waals surface area contributed by atoms with Crippen molar-refractivity contribution in [2.75, 3.05) is 63.9 Å². The lowest BCUT2D eigenvalue weighted by molar-refractivity contribution is 0.0358. The van der Waals surface area contributed by atoms with Gasteiger partial charge in [-0.3, -0.25) is 9.69 Å². The van der Waals surface area contributed by atoms with Gasteiger partial charge in [0.05, 0.1) is 19.8 Å². The number of anilines is 1. The molecule has 2 saturated heterocycles. The lowest BCUT2D eigenvalue weighted by atomic mass is 10.3. The SMILES string of the molecule is O=c1ccc(N2CCNCC2)nn1CCN1CCOCC1. The molecule has 3 heterocycles. The van der Waals surface area contributed by atoms with Crippen LogP contribution in [0.15, 0.2) is 16.9 Å². The first-order valence-electron chi connectivity index (χ1n) is 7.67. The molecule has 0 saturated carbocycles. The van der Waals surface area contributed by atoms with E-state index in [9.17, 15) is 4.79 Å². The quantitative estimate of drug-likeness (QED) is 0.767. The predicted molar refractivity (Wildman–Crippen MR) is 80.8 cm³/mol. The Balaban J connectivity index is 1.64. The molecule has 2 fully saturated rings. The summed E-state index contributed by atoms with van der Waals surface area (Å²) in [5.41, 5.74) is -0.0258. The van der Waals surface area contributed by atoms with Crippen LogP contribution in [0.25, 0.3) is 0 Å². The average molecular weight is 293 g/mol. The molecule has 0 aliphatic carbocycles. The first kappa shape index (κ1) is 14.5. The van der Waals surface area contributed by atoms with Crippen LogP contribution < -0.4 is 15.8 Å². The van der Waals surface area contributed by atoms with E-state index in [2.05, 4.69) is 20.2 Å². The molecule has 21 heavy (non-hydrogen) atoms. The van der Waals surface area contributed by atoms with Gasteiger partial charge in [0.2, 0.25) is 0 Å².